The Morgan fingerprint density at radius 3 is 3.20 bits per heavy atom. The van der Waals surface area contributed by atoms with Gasteiger partial charge in [0.2, 0.25) is 6.33 Å². The van der Waals surface area contributed by atoms with Gasteiger partial charge in [-0.15, -0.1) is 5.10 Å². The van der Waals surface area contributed by atoms with Gasteiger partial charge in [0.15, 0.2) is 5.82 Å². The molecule has 6 heteroatoms. The van der Waals surface area contributed by atoms with Gasteiger partial charge >= 0.3 is 0 Å². The quantitative estimate of drug-likeness (QED) is 0.526. The topological polar surface area (TPSA) is 69.6 Å². The molecule has 6 nitrogen and oxygen atoms in total. The molecule has 0 amide bonds. The molecule has 1 radical (unpaired) electrons. The van der Waals surface area contributed by atoms with E-state index in [4.69, 9.17) is 0 Å². The Hall–Kier alpha value is -1.72. The lowest BCUT2D eigenvalue weighted by atomic mass is 10.6. The Balaban J connectivity index is 2.48. The first kappa shape index (κ1) is 5.10. The van der Waals surface area contributed by atoms with Gasteiger partial charge in [0.05, 0.1) is 0 Å². The van der Waals surface area contributed by atoms with Crippen molar-refractivity contribution in [1.29, 1.82) is 0 Å². The Bertz CT molecular complexity index is 253. The number of nitrogens with zero attached hydrogens (tertiary/aromatic N) is 5. The van der Waals surface area contributed by atoms with E-state index in [2.05, 4.69) is 31.5 Å². The number of rotatable bonds is 1. The molecular formula is C4H2N5O. The van der Waals surface area contributed by atoms with Crippen LogP contribution < -0.4 is 0 Å². The molecule has 0 aliphatic rings. The van der Waals surface area contributed by atoms with Crippen molar-refractivity contribution in [2.75, 3.05) is 0 Å². The van der Waals surface area contributed by atoms with E-state index in [-0.39, 0.29) is 0 Å². The average molecular weight is 136 g/mol. The maximum Gasteiger partial charge on any atom is 0.228 e. The van der Waals surface area contributed by atoms with Crippen LogP contribution in [-0.4, -0.2) is 25.4 Å². The second kappa shape index (κ2) is 1.90. The van der Waals surface area contributed by atoms with Crippen molar-refractivity contribution in [3.8, 4) is 5.82 Å². The molecule has 2 aromatic rings. The van der Waals surface area contributed by atoms with E-state index >= 15 is 0 Å². The third-order valence-electron chi connectivity index (χ3n) is 0.955. The molecule has 0 aliphatic heterocycles. The van der Waals surface area contributed by atoms with Gasteiger partial charge in [-0.25, -0.2) is 0 Å². The number of hydrogen-bond donors (Lipinski definition) is 0. The minimum absolute atomic E-state index is 0.519. The standard InChI is InChI=1S/C4H2N5O/c1-2-10-6-4(1)9-3-5-7-8-9/h1-2H. The van der Waals surface area contributed by atoms with Crippen LogP contribution in [0.4, 0.5) is 0 Å². The fraction of sp³-hybridized carbons (Fsp3) is 0. The molecule has 0 spiro atoms. The van der Waals surface area contributed by atoms with Crippen LogP contribution in [0.25, 0.3) is 5.82 Å². The van der Waals surface area contributed by atoms with Crippen LogP contribution in [0.3, 0.4) is 0 Å². The Labute approximate surface area is 55.4 Å². The normalized spacial score (nSPS) is 10.0. The zero-order valence-electron chi connectivity index (χ0n) is 4.80. The number of aromatic nitrogens is 5. The van der Waals surface area contributed by atoms with Crippen molar-refractivity contribution in [2.24, 2.45) is 0 Å². The molecule has 0 bridgehead atoms. The first-order valence-corrected chi connectivity index (χ1v) is 2.53. The minimum atomic E-state index is 0.519. The number of hydrogen-bond acceptors (Lipinski definition) is 5. The molecule has 0 atom stereocenters. The smallest absolute Gasteiger partial charge is 0.228 e. The molecule has 0 saturated heterocycles. The van der Waals surface area contributed by atoms with Crippen molar-refractivity contribution in [2.45, 2.75) is 0 Å². The highest BCUT2D eigenvalue weighted by molar-refractivity contribution is 5.12. The van der Waals surface area contributed by atoms with Crippen LogP contribution in [-0.2, 0) is 0 Å². The highest BCUT2D eigenvalue weighted by atomic mass is 16.5. The molecule has 0 aliphatic carbocycles. The van der Waals surface area contributed by atoms with Gasteiger partial charge in [-0.3, -0.25) is 0 Å². The van der Waals surface area contributed by atoms with Gasteiger partial charge in [0.1, 0.15) is 6.26 Å². The summed E-state index contributed by atoms with van der Waals surface area (Å²) >= 11 is 0. The van der Waals surface area contributed by atoms with Crippen LogP contribution in [0.2, 0.25) is 0 Å². The summed E-state index contributed by atoms with van der Waals surface area (Å²) in [7, 11) is 0. The molecular weight excluding hydrogens is 134 g/mol. The summed E-state index contributed by atoms with van der Waals surface area (Å²) in [5.74, 6) is 0.519. The average Bonchev–Trinajstić information content (AvgIpc) is 2.59. The van der Waals surface area contributed by atoms with Crippen molar-refractivity contribution in [1.82, 2.24) is 25.4 Å². The van der Waals surface area contributed by atoms with E-state index in [0.29, 0.717) is 5.82 Å². The molecule has 2 rings (SSSR count). The molecule has 0 unspecified atom stereocenters. The third kappa shape index (κ3) is 0.661. The lowest BCUT2D eigenvalue weighted by molar-refractivity contribution is 0.414. The second-order valence-electron chi connectivity index (χ2n) is 1.55. The van der Waals surface area contributed by atoms with Gasteiger partial charge in [-0.2, -0.15) is 4.68 Å². The van der Waals surface area contributed by atoms with Gasteiger partial charge < -0.3 is 4.52 Å². The highest BCUT2D eigenvalue weighted by Gasteiger charge is 1.99. The zero-order chi connectivity index (χ0) is 6.81. The van der Waals surface area contributed by atoms with E-state index in [1.54, 1.807) is 6.07 Å². The molecule has 49 valence electrons. The van der Waals surface area contributed by atoms with Crippen molar-refractivity contribution in [3.63, 3.8) is 0 Å². The maximum atomic E-state index is 4.55. The van der Waals surface area contributed by atoms with Crippen molar-refractivity contribution >= 4 is 0 Å². The predicted octanol–water partition coefficient (Wildman–Crippen LogP) is -0.550. The summed E-state index contributed by atoms with van der Waals surface area (Å²) in [6.45, 7) is 0. The van der Waals surface area contributed by atoms with Gasteiger partial charge in [-0.1, -0.05) is 5.16 Å². The summed E-state index contributed by atoms with van der Waals surface area (Å²) < 4.78 is 5.83. The monoisotopic (exact) mass is 136 g/mol. The van der Waals surface area contributed by atoms with E-state index < -0.39 is 0 Å². The highest BCUT2D eigenvalue weighted by Crippen LogP contribution is 1.96. The van der Waals surface area contributed by atoms with E-state index in [9.17, 15) is 0 Å². The van der Waals surface area contributed by atoms with Crippen LogP contribution in [0, 0.1) is 6.33 Å². The van der Waals surface area contributed by atoms with E-state index in [0.717, 1.165) is 0 Å². The number of tetrazole rings is 1. The summed E-state index contributed by atoms with van der Waals surface area (Å²) in [6, 6.07) is 1.63. The first-order valence-electron chi connectivity index (χ1n) is 2.53. The fourth-order valence-corrected chi connectivity index (χ4v) is 0.555. The summed E-state index contributed by atoms with van der Waals surface area (Å²) in [5, 5.41) is 13.8. The maximum absolute atomic E-state index is 4.55. The molecule has 10 heavy (non-hydrogen) atoms. The summed E-state index contributed by atoms with van der Waals surface area (Å²) in [6.07, 6.45) is 3.90. The molecule has 2 aromatic heterocycles. The molecule has 0 saturated carbocycles. The second-order valence-corrected chi connectivity index (χ2v) is 1.55. The Kier molecular flexibility index (Phi) is 0.970. The molecule has 2 heterocycles. The predicted molar refractivity (Wildman–Crippen MR) is 28.1 cm³/mol. The molecule has 0 aromatic carbocycles. The lowest BCUT2D eigenvalue weighted by Gasteiger charge is -1.83. The van der Waals surface area contributed by atoms with Gasteiger partial charge in [0, 0.05) is 6.07 Å². The fourth-order valence-electron chi connectivity index (χ4n) is 0.555. The lowest BCUT2D eigenvalue weighted by Crippen LogP contribution is -1.94. The van der Waals surface area contributed by atoms with Crippen LogP contribution in [0.1, 0.15) is 0 Å². The van der Waals surface area contributed by atoms with Crippen LogP contribution in [0.15, 0.2) is 16.9 Å². The largest absolute Gasteiger partial charge is 0.363 e. The minimum Gasteiger partial charge on any atom is -0.363 e. The van der Waals surface area contributed by atoms with Gasteiger partial charge in [-0.05, 0) is 10.4 Å². The van der Waals surface area contributed by atoms with Crippen molar-refractivity contribution < 1.29 is 4.52 Å². The molecule has 0 N–H and O–H groups in total. The summed E-state index contributed by atoms with van der Waals surface area (Å²) in [4.78, 5) is 0. The Morgan fingerprint density at radius 2 is 2.60 bits per heavy atom. The SMILES string of the molecule is [c]1nnnn1-c1ccon1. The van der Waals surface area contributed by atoms with E-state index in [1.165, 1.54) is 10.9 Å². The van der Waals surface area contributed by atoms with Crippen molar-refractivity contribution in [3.05, 3.63) is 18.7 Å². The van der Waals surface area contributed by atoms with E-state index in [1.807, 2.05) is 0 Å². The van der Waals surface area contributed by atoms with Crippen LogP contribution in [0.5, 0.6) is 0 Å². The zero-order valence-corrected chi connectivity index (χ0v) is 4.80. The Morgan fingerprint density at radius 1 is 1.60 bits per heavy atom. The first-order chi connectivity index (χ1) is 4.97. The summed E-state index contributed by atoms with van der Waals surface area (Å²) in [5.41, 5.74) is 0. The van der Waals surface area contributed by atoms with Gasteiger partial charge in [0.25, 0.3) is 0 Å². The third-order valence-corrected chi connectivity index (χ3v) is 0.955. The molecule has 0 fully saturated rings. The van der Waals surface area contributed by atoms with Crippen LogP contribution >= 0.6 is 0 Å².